The van der Waals surface area contributed by atoms with Crippen LogP contribution in [0.5, 0.6) is 5.75 Å². The summed E-state index contributed by atoms with van der Waals surface area (Å²) in [5.41, 5.74) is -0.157. The van der Waals surface area contributed by atoms with E-state index in [9.17, 15) is 13.2 Å². The van der Waals surface area contributed by atoms with Crippen LogP contribution in [0, 0.1) is 17.5 Å². The first-order valence-electron chi connectivity index (χ1n) is 3.26. The Kier molecular flexibility index (Phi) is 2.31. The molecule has 0 unspecified atom stereocenters. The Morgan fingerprint density at radius 3 is 2.33 bits per heavy atom. The Labute approximate surface area is 68.6 Å². The van der Waals surface area contributed by atoms with Crippen LogP contribution in [0.2, 0.25) is 0 Å². The minimum atomic E-state index is -1.20. The van der Waals surface area contributed by atoms with E-state index >= 15 is 0 Å². The van der Waals surface area contributed by atoms with Gasteiger partial charge in [-0.05, 0) is 5.46 Å². The molecule has 64 valence electrons. The molecule has 0 aromatic heterocycles. The monoisotopic (exact) mass is 174 g/mol. The molecule has 0 amide bonds. The summed E-state index contributed by atoms with van der Waals surface area (Å²) in [7, 11) is 2.45. The summed E-state index contributed by atoms with van der Waals surface area (Å²) in [5.74, 6) is -3.43. The number of benzene rings is 1. The third kappa shape index (κ3) is 1.26. The average Bonchev–Trinajstić information content (AvgIpc) is 2.01. The summed E-state index contributed by atoms with van der Waals surface area (Å²) >= 11 is 0. The standard InChI is InChI=1S/C7H6BF3O/c1-12-7-4(10)2-3(9)6(11)5(7)8/h2H,8H2,1H3. The van der Waals surface area contributed by atoms with Crippen molar-refractivity contribution in [3.05, 3.63) is 23.5 Å². The largest absolute Gasteiger partial charge is 0.494 e. The second kappa shape index (κ2) is 3.09. The van der Waals surface area contributed by atoms with Gasteiger partial charge in [-0.1, -0.05) is 0 Å². The first-order chi connectivity index (χ1) is 5.57. The first-order valence-corrected chi connectivity index (χ1v) is 3.26. The highest BCUT2D eigenvalue weighted by Gasteiger charge is 2.14. The number of hydrogen-bond donors (Lipinski definition) is 0. The van der Waals surface area contributed by atoms with E-state index in [2.05, 4.69) is 4.74 Å². The lowest BCUT2D eigenvalue weighted by atomic mass is 9.94. The smallest absolute Gasteiger partial charge is 0.167 e. The lowest BCUT2D eigenvalue weighted by Crippen LogP contribution is -2.16. The van der Waals surface area contributed by atoms with Crippen LogP contribution in [0.3, 0.4) is 0 Å². The number of halogens is 3. The van der Waals surface area contributed by atoms with E-state index < -0.39 is 17.5 Å². The fraction of sp³-hybridized carbons (Fsp3) is 0.143. The van der Waals surface area contributed by atoms with E-state index in [4.69, 9.17) is 0 Å². The van der Waals surface area contributed by atoms with E-state index in [1.54, 1.807) is 0 Å². The van der Waals surface area contributed by atoms with Crippen molar-refractivity contribution in [2.45, 2.75) is 0 Å². The first kappa shape index (κ1) is 8.97. The lowest BCUT2D eigenvalue weighted by Gasteiger charge is -2.06. The molecule has 0 N–H and O–H groups in total. The quantitative estimate of drug-likeness (QED) is 0.441. The Morgan fingerprint density at radius 1 is 1.25 bits per heavy atom. The zero-order valence-corrected chi connectivity index (χ0v) is 6.62. The molecule has 0 spiro atoms. The highest BCUT2D eigenvalue weighted by Crippen LogP contribution is 2.16. The fourth-order valence-corrected chi connectivity index (χ4v) is 0.949. The van der Waals surface area contributed by atoms with Gasteiger partial charge in [-0.25, -0.2) is 13.2 Å². The highest BCUT2D eigenvalue weighted by atomic mass is 19.2. The van der Waals surface area contributed by atoms with Crippen molar-refractivity contribution in [1.82, 2.24) is 0 Å². The van der Waals surface area contributed by atoms with Crippen molar-refractivity contribution in [3.8, 4) is 5.75 Å². The molecule has 0 saturated carbocycles. The van der Waals surface area contributed by atoms with Crippen molar-refractivity contribution in [3.63, 3.8) is 0 Å². The van der Waals surface area contributed by atoms with Gasteiger partial charge >= 0.3 is 0 Å². The maximum atomic E-state index is 12.8. The van der Waals surface area contributed by atoms with E-state index in [0.29, 0.717) is 6.07 Å². The van der Waals surface area contributed by atoms with Crippen molar-refractivity contribution in [2.24, 2.45) is 0 Å². The zero-order valence-electron chi connectivity index (χ0n) is 6.62. The molecular weight excluding hydrogens is 168 g/mol. The molecule has 1 rings (SSSR count). The van der Waals surface area contributed by atoms with E-state index in [-0.39, 0.29) is 11.2 Å². The van der Waals surface area contributed by atoms with Crippen LogP contribution in [0.1, 0.15) is 0 Å². The molecule has 0 fully saturated rings. The third-order valence-electron chi connectivity index (χ3n) is 1.55. The third-order valence-corrected chi connectivity index (χ3v) is 1.55. The lowest BCUT2D eigenvalue weighted by molar-refractivity contribution is 0.381. The SMILES string of the molecule is Bc1c(F)c(F)cc(F)c1OC. The minimum absolute atomic E-state index is 0.157. The average molecular weight is 174 g/mol. The van der Waals surface area contributed by atoms with Crippen molar-refractivity contribution in [1.29, 1.82) is 0 Å². The summed E-state index contributed by atoms with van der Waals surface area (Å²) in [6.45, 7) is 0. The van der Waals surface area contributed by atoms with Crippen LogP contribution >= 0.6 is 0 Å². The second-order valence-corrected chi connectivity index (χ2v) is 2.31. The van der Waals surface area contributed by atoms with Gasteiger partial charge < -0.3 is 4.74 Å². The molecule has 1 aromatic rings. The molecule has 1 nitrogen and oxygen atoms in total. The molecule has 0 aliphatic heterocycles. The normalized spacial score (nSPS) is 10.0. The van der Waals surface area contributed by atoms with Crippen molar-refractivity contribution in [2.75, 3.05) is 7.11 Å². The van der Waals surface area contributed by atoms with Crippen LogP contribution in [0.25, 0.3) is 0 Å². The molecule has 0 saturated heterocycles. The molecule has 0 aliphatic carbocycles. The molecule has 0 aliphatic rings. The summed E-state index contributed by atoms with van der Waals surface area (Å²) in [4.78, 5) is 0. The van der Waals surface area contributed by atoms with Gasteiger partial charge in [0.25, 0.3) is 0 Å². The zero-order chi connectivity index (χ0) is 9.30. The summed E-state index contributed by atoms with van der Waals surface area (Å²) in [6, 6.07) is 0.459. The fourth-order valence-electron chi connectivity index (χ4n) is 0.949. The number of rotatable bonds is 1. The van der Waals surface area contributed by atoms with Gasteiger partial charge in [-0.3, -0.25) is 0 Å². The predicted octanol–water partition coefficient (Wildman–Crippen LogP) is 0.371. The highest BCUT2D eigenvalue weighted by molar-refractivity contribution is 6.34. The molecule has 1 aromatic carbocycles. The van der Waals surface area contributed by atoms with Gasteiger partial charge in [-0.2, -0.15) is 0 Å². The number of hydrogen-bond acceptors (Lipinski definition) is 1. The van der Waals surface area contributed by atoms with Gasteiger partial charge in [0, 0.05) is 6.07 Å². The van der Waals surface area contributed by atoms with Crippen LogP contribution in [-0.4, -0.2) is 15.0 Å². The Morgan fingerprint density at radius 2 is 1.83 bits per heavy atom. The summed E-state index contributed by atoms with van der Waals surface area (Å²) in [6.07, 6.45) is 0. The minimum Gasteiger partial charge on any atom is -0.494 e. The Bertz CT molecular complexity index is 314. The Balaban J connectivity index is 3.40. The van der Waals surface area contributed by atoms with Gasteiger partial charge in [0.15, 0.2) is 23.2 Å². The van der Waals surface area contributed by atoms with Crippen LogP contribution in [0.15, 0.2) is 6.07 Å². The van der Waals surface area contributed by atoms with Crippen molar-refractivity contribution >= 4 is 13.3 Å². The van der Waals surface area contributed by atoms with Crippen LogP contribution < -0.4 is 10.2 Å². The maximum Gasteiger partial charge on any atom is 0.167 e. The number of ether oxygens (including phenoxy) is 1. The second-order valence-electron chi connectivity index (χ2n) is 2.31. The summed E-state index contributed by atoms with van der Waals surface area (Å²) in [5, 5.41) is 0. The van der Waals surface area contributed by atoms with Gasteiger partial charge in [0.2, 0.25) is 0 Å². The topological polar surface area (TPSA) is 9.23 Å². The molecule has 5 heteroatoms. The molecule has 0 atom stereocenters. The van der Waals surface area contributed by atoms with Gasteiger partial charge in [-0.15, -0.1) is 0 Å². The van der Waals surface area contributed by atoms with E-state index in [1.165, 1.54) is 15.0 Å². The molecule has 0 heterocycles. The summed E-state index contributed by atoms with van der Waals surface area (Å²) < 4.78 is 42.5. The van der Waals surface area contributed by atoms with Crippen LogP contribution in [0.4, 0.5) is 13.2 Å². The van der Waals surface area contributed by atoms with Gasteiger partial charge in [0.1, 0.15) is 7.85 Å². The molecule has 0 bridgehead atoms. The van der Waals surface area contributed by atoms with E-state index in [1.807, 2.05) is 0 Å². The van der Waals surface area contributed by atoms with E-state index in [0.717, 1.165) is 0 Å². The molecular formula is C7H6BF3O. The molecule has 0 radical (unpaired) electrons. The van der Waals surface area contributed by atoms with Gasteiger partial charge in [0.05, 0.1) is 7.11 Å². The Hall–Kier alpha value is -1.13. The molecule has 12 heavy (non-hydrogen) atoms. The van der Waals surface area contributed by atoms with Crippen LogP contribution in [-0.2, 0) is 0 Å². The number of methoxy groups -OCH3 is 1. The predicted molar refractivity (Wildman–Crippen MR) is 41.0 cm³/mol. The van der Waals surface area contributed by atoms with Crippen molar-refractivity contribution < 1.29 is 17.9 Å². The maximum absolute atomic E-state index is 12.8.